The van der Waals surface area contributed by atoms with Crippen LogP contribution in [0.5, 0.6) is 0 Å². The second-order valence-electron chi connectivity index (χ2n) is 37.9. The molecule has 10 rings (SSSR count). The van der Waals surface area contributed by atoms with Gasteiger partial charge in [0.05, 0.1) is 47.4 Å². The Kier molecular flexibility index (Phi) is 28.4. The number of benzene rings is 10. The van der Waals surface area contributed by atoms with Crippen molar-refractivity contribution in [3.05, 3.63) is 287 Å². The topological polar surface area (TPSA) is 172 Å². The maximum absolute atomic E-state index is 10.6. The van der Waals surface area contributed by atoms with Gasteiger partial charge in [0.15, 0.2) is 44.1 Å². The van der Waals surface area contributed by atoms with Crippen LogP contribution >= 0.6 is 0 Å². The molecular formula is C96H120O9S6. The number of rotatable bonds is 12. The molecule has 111 heavy (non-hydrogen) atoms. The normalized spacial score (nSPS) is 13.1. The highest BCUT2D eigenvalue weighted by atomic mass is 32.2. The third kappa shape index (κ3) is 25.5. The van der Waals surface area contributed by atoms with E-state index in [0.29, 0.717) is 0 Å². The van der Waals surface area contributed by atoms with E-state index in [4.69, 9.17) is 0 Å². The van der Waals surface area contributed by atoms with Gasteiger partial charge in [0.2, 0.25) is 0 Å². The second-order valence-corrected chi connectivity index (χ2v) is 48.1. The Morgan fingerprint density at radius 3 is 0.315 bits per heavy atom. The molecule has 0 radical (unpaired) electrons. The first-order chi connectivity index (χ1) is 50.6. The fourth-order valence-electron chi connectivity index (χ4n) is 12.0. The van der Waals surface area contributed by atoms with Gasteiger partial charge in [-0.15, -0.1) is 0 Å². The maximum atomic E-state index is 10.6. The van der Waals surface area contributed by atoms with Crippen molar-refractivity contribution < 1.29 is 38.9 Å². The summed E-state index contributed by atoms with van der Waals surface area (Å²) in [6.45, 7) is 61.5. The van der Waals surface area contributed by atoms with Crippen molar-refractivity contribution >= 4 is 63.0 Å². The Labute approximate surface area is 677 Å². The molecule has 10 aromatic rings. The largest absolute Gasteiger partial charge is 0.744 e. The standard InChI is InChI=1S/3C30H39S.C6H6O9S3/c3*1-28(2,3)22-10-16-25(17-11-22)31(26-18-12-23(13-19-26)29(4,5)6)27-20-14-24(15-21-27)30(7,8)9;7-16(8,9)4-1-5(17(10,11)12)3-6(2-4)18(13,14)15/h3*10-21H,1-9H3;1-3H,(H,7,8,9)(H,10,11,12)(H,13,14,15)/q3*+1;/p-3. The van der Waals surface area contributed by atoms with E-state index in [1.165, 1.54) is 94.1 Å². The van der Waals surface area contributed by atoms with Crippen molar-refractivity contribution in [2.45, 2.75) is 294 Å². The van der Waals surface area contributed by atoms with E-state index in [2.05, 4.69) is 405 Å². The molecule has 9 nitrogen and oxygen atoms in total. The molecule has 0 amide bonds. The first-order valence-corrected chi connectivity index (χ1v) is 45.7. The zero-order valence-corrected chi connectivity index (χ0v) is 75.5. The van der Waals surface area contributed by atoms with Gasteiger partial charge in [-0.25, -0.2) is 25.3 Å². The monoisotopic (exact) mass is 1610 g/mol. The Bertz CT molecular complexity index is 4150. The van der Waals surface area contributed by atoms with Crippen LogP contribution in [0, 0.1) is 0 Å². The molecule has 0 aliphatic carbocycles. The molecule has 0 N–H and O–H groups in total. The summed E-state index contributed by atoms with van der Waals surface area (Å²) in [7, 11) is -16.0. The van der Waals surface area contributed by atoms with E-state index in [1.54, 1.807) is 0 Å². The van der Waals surface area contributed by atoms with Gasteiger partial charge >= 0.3 is 0 Å². The van der Waals surface area contributed by atoms with Gasteiger partial charge in [0, 0.05) is 0 Å². The zero-order valence-electron chi connectivity index (χ0n) is 70.6. The predicted molar refractivity (Wildman–Crippen MR) is 463 cm³/mol. The van der Waals surface area contributed by atoms with E-state index in [1.807, 2.05) is 0 Å². The molecule has 0 aromatic heterocycles. The van der Waals surface area contributed by atoms with Gasteiger partial charge in [-0.05, 0) is 226 Å². The maximum Gasteiger partial charge on any atom is 0.166 e. The zero-order chi connectivity index (χ0) is 83.4. The van der Waals surface area contributed by atoms with Crippen LogP contribution in [0.1, 0.15) is 237 Å². The average molecular weight is 1610 g/mol. The number of hydrogen-bond donors (Lipinski definition) is 0. The van der Waals surface area contributed by atoms with Crippen molar-refractivity contribution in [2.75, 3.05) is 0 Å². The lowest BCUT2D eigenvalue weighted by Gasteiger charge is -2.21. The molecule has 0 unspecified atom stereocenters. The summed E-state index contributed by atoms with van der Waals surface area (Å²) in [5.41, 5.74) is 13.9. The molecule has 0 heterocycles. The highest BCUT2D eigenvalue weighted by Gasteiger charge is 2.35. The summed E-state index contributed by atoms with van der Waals surface area (Å²) in [5.74, 6) is 0. The lowest BCUT2D eigenvalue weighted by molar-refractivity contribution is 0.458. The minimum absolute atomic E-state index is 0.120. The van der Waals surface area contributed by atoms with Crippen LogP contribution in [0.4, 0.5) is 0 Å². The molecule has 10 aromatic carbocycles. The smallest absolute Gasteiger partial charge is 0.166 e. The lowest BCUT2D eigenvalue weighted by atomic mass is 9.87. The Morgan fingerprint density at radius 1 is 0.171 bits per heavy atom. The molecule has 0 aliphatic heterocycles. The van der Waals surface area contributed by atoms with Crippen molar-refractivity contribution in [1.82, 2.24) is 0 Å². The molecule has 15 heteroatoms. The van der Waals surface area contributed by atoms with Crippen molar-refractivity contribution in [1.29, 1.82) is 0 Å². The number of hydrogen-bond acceptors (Lipinski definition) is 9. The van der Waals surface area contributed by atoms with Crippen molar-refractivity contribution in [3.63, 3.8) is 0 Å². The minimum Gasteiger partial charge on any atom is -0.744 e. The van der Waals surface area contributed by atoms with Crippen LogP contribution in [-0.4, -0.2) is 38.9 Å². The van der Waals surface area contributed by atoms with Crippen molar-refractivity contribution in [2.24, 2.45) is 0 Å². The Morgan fingerprint density at radius 2 is 0.252 bits per heavy atom. The average Bonchev–Trinajstić information content (AvgIpc) is 0.802. The van der Waals surface area contributed by atoms with E-state index < -0.39 is 45.0 Å². The molecule has 0 atom stereocenters. The van der Waals surface area contributed by atoms with E-state index >= 15 is 0 Å². The molecular weight excluding hydrogens is 1490 g/mol. The second kappa shape index (κ2) is 34.6. The fraction of sp³-hybridized carbons (Fsp3) is 0.375. The molecule has 0 fully saturated rings. The predicted octanol–water partition coefficient (Wildman–Crippen LogP) is 24.4. The van der Waals surface area contributed by atoms with Gasteiger partial charge < -0.3 is 13.7 Å². The van der Waals surface area contributed by atoms with Gasteiger partial charge in [0.1, 0.15) is 30.4 Å². The summed E-state index contributed by atoms with van der Waals surface area (Å²) < 4.78 is 95.8. The summed E-state index contributed by atoms with van der Waals surface area (Å²) in [6.07, 6.45) is 0. The third-order valence-corrected chi connectivity index (χ3v) is 28.5. The first kappa shape index (κ1) is 91.2. The molecule has 594 valence electrons. The van der Waals surface area contributed by atoms with E-state index in [-0.39, 0.29) is 99.6 Å². The van der Waals surface area contributed by atoms with E-state index in [9.17, 15) is 38.9 Å². The third-order valence-electron chi connectivity index (χ3n) is 19.3. The molecule has 0 saturated carbocycles. The summed E-state index contributed by atoms with van der Waals surface area (Å²) >= 11 is 0. The van der Waals surface area contributed by atoms with Gasteiger partial charge in [-0.3, -0.25) is 0 Å². The van der Waals surface area contributed by atoms with Crippen LogP contribution in [0.3, 0.4) is 0 Å². The van der Waals surface area contributed by atoms with E-state index in [0.717, 1.165) is 0 Å². The Balaban J connectivity index is 0.000000209. The molecule has 0 spiro atoms. The molecule has 0 aliphatic rings. The molecule has 0 bridgehead atoms. The van der Waals surface area contributed by atoms with Crippen LogP contribution < -0.4 is 0 Å². The summed E-state index contributed by atoms with van der Waals surface area (Å²) in [5, 5.41) is 0. The summed E-state index contributed by atoms with van der Waals surface area (Å²) in [6, 6.07) is 84.1. The van der Waals surface area contributed by atoms with Gasteiger partial charge in [-0.2, -0.15) is 0 Å². The first-order valence-electron chi connectivity index (χ1n) is 37.8. The van der Waals surface area contributed by atoms with Gasteiger partial charge in [-0.1, -0.05) is 296 Å². The van der Waals surface area contributed by atoms with Crippen LogP contribution in [0.15, 0.2) is 295 Å². The fourth-order valence-corrected chi connectivity index (χ4v) is 20.0. The highest BCUT2D eigenvalue weighted by Crippen LogP contribution is 2.41. The van der Waals surface area contributed by atoms with Crippen LogP contribution in [0.25, 0.3) is 0 Å². The summed E-state index contributed by atoms with van der Waals surface area (Å²) in [4.78, 5) is 8.48. The highest BCUT2D eigenvalue weighted by molar-refractivity contribution is 7.97. The lowest BCUT2D eigenvalue weighted by Crippen LogP contribution is -2.13. The van der Waals surface area contributed by atoms with Crippen molar-refractivity contribution in [3.8, 4) is 0 Å². The minimum atomic E-state index is -5.23. The Hall–Kier alpha value is -7.02. The SMILES string of the molecule is CC(C)(C)c1ccc([S+](c2ccc(C(C)(C)C)cc2)c2ccc(C(C)(C)C)cc2)cc1.CC(C)(C)c1ccc([S+](c2ccc(C(C)(C)C)cc2)c2ccc(C(C)(C)C)cc2)cc1.CC(C)(C)c1ccc([S+](c2ccc(C(C)(C)C)cc2)c2ccc(C(C)(C)C)cc2)cc1.O=S(=O)([O-])c1cc(S(=O)(=O)[O-])cc(S(=O)(=O)[O-])c1. The van der Waals surface area contributed by atoms with Gasteiger partial charge in [0.25, 0.3) is 0 Å². The van der Waals surface area contributed by atoms with Crippen LogP contribution in [-0.2, 0) is 112 Å². The molecule has 0 saturated heterocycles. The quantitative estimate of drug-likeness (QED) is 0.0852. The van der Waals surface area contributed by atoms with Crippen LogP contribution in [0.2, 0.25) is 0 Å².